The molecule has 0 aliphatic rings. The highest BCUT2D eigenvalue weighted by atomic mass is 32.1. The summed E-state index contributed by atoms with van der Waals surface area (Å²) in [6, 6.07) is 73.0. The quantitative estimate of drug-likeness (QED) is 0.169. The Balaban J connectivity index is 1.06. The highest BCUT2D eigenvalue weighted by Crippen LogP contribution is 2.42. The van der Waals surface area contributed by atoms with E-state index in [0.29, 0.717) is 0 Å². The van der Waals surface area contributed by atoms with Crippen molar-refractivity contribution in [3.8, 4) is 33.4 Å². The number of fused-ring (bicyclic) bond motifs is 5. The Kier molecular flexibility index (Phi) is 7.41. The lowest BCUT2D eigenvalue weighted by Gasteiger charge is -2.26. The summed E-state index contributed by atoms with van der Waals surface area (Å²) >= 11 is 1.86. The molecule has 0 bridgehead atoms. The first kappa shape index (κ1) is 30.4. The average Bonchev–Trinajstić information content (AvgIpc) is 3.59. The van der Waals surface area contributed by atoms with Gasteiger partial charge in [0.05, 0.1) is 0 Å². The Bertz CT molecular complexity index is 2890. The smallest absolute Gasteiger partial charge is 0.0468 e. The van der Waals surface area contributed by atoms with Gasteiger partial charge in [-0.1, -0.05) is 146 Å². The molecule has 0 saturated carbocycles. The second kappa shape index (κ2) is 12.7. The minimum absolute atomic E-state index is 1.12. The minimum Gasteiger partial charge on any atom is -0.310 e. The topological polar surface area (TPSA) is 3.24 Å². The molecule has 1 aromatic heterocycles. The molecule has 10 rings (SSSR count). The monoisotopic (exact) mass is 679 g/mol. The number of anilines is 3. The van der Waals surface area contributed by atoms with Crippen molar-refractivity contribution in [2.24, 2.45) is 0 Å². The third-order valence-electron chi connectivity index (χ3n) is 10.3. The fourth-order valence-corrected chi connectivity index (χ4v) is 8.80. The van der Waals surface area contributed by atoms with Gasteiger partial charge in [-0.05, 0) is 110 Å². The molecule has 52 heavy (non-hydrogen) atoms. The molecular formula is C50H33NS. The molecule has 0 saturated heterocycles. The van der Waals surface area contributed by atoms with Crippen LogP contribution in [0.15, 0.2) is 200 Å². The van der Waals surface area contributed by atoms with E-state index in [4.69, 9.17) is 0 Å². The van der Waals surface area contributed by atoms with E-state index >= 15 is 0 Å². The van der Waals surface area contributed by atoms with E-state index in [2.05, 4.69) is 205 Å². The summed E-state index contributed by atoms with van der Waals surface area (Å²) in [7, 11) is 0. The van der Waals surface area contributed by atoms with Crippen LogP contribution in [0.2, 0.25) is 0 Å². The van der Waals surface area contributed by atoms with Crippen molar-refractivity contribution in [2.45, 2.75) is 0 Å². The maximum atomic E-state index is 2.38. The van der Waals surface area contributed by atoms with Crippen LogP contribution in [0.25, 0.3) is 75.1 Å². The summed E-state index contributed by atoms with van der Waals surface area (Å²) in [6.45, 7) is 0. The van der Waals surface area contributed by atoms with Gasteiger partial charge < -0.3 is 4.90 Å². The summed E-state index contributed by atoms with van der Waals surface area (Å²) in [5.41, 5.74) is 10.7. The van der Waals surface area contributed by atoms with Crippen molar-refractivity contribution in [1.29, 1.82) is 0 Å². The van der Waals surface area contributed by atoms with Crippen molar-refractivity contribution in [1.82, 2.24) is 0 Å². The van der Waals surface area contributed by atoms with E-state index in [-0.39, 0.29) is 0 Å². The fourth-order valence-electron chi connectivity index (χ4n) is 7.71. The molecule has 9 aromatic carbocycles. The predicted molar refractivity (Wildman–Crippen MR) is 225 cm³/mol. The van der Waals surface area contributed by atoms with Crippen LogP contribution < -0.4 is 4.90 Å². The van der Waals surface area contributed by atoms with Gasteiger partial charge in [-0.2, -0.15) is 0 Å². The first-order chi connectivity index (χ1) is 25.8. The molecule has 0 N–H and O–H groups in total. The van der Waals surface area contributed by atoms with Crippen molar-refractivity contribution < 1.29 is 0 Å². The van der Waals surface area contributed by atoms with Crippen molar-refractivity contribution in [3.05, 3.63) is 200 Å². The predicted octanol–water partition coefficient (Wildman–Crippen LogP) is 14.8. The molecule has 1 heterocycles. The first-order valence-electron chi connectivity index (χ1n) is 17.8. The highest BCUT2D eigenvalue weighted by molar-refractivity contribution is 7.25. The van der Waals surface area contributed by atoms with E-state index in [1.165, 1.54) is 75.1 Å². The zero-order valence-electron chi connectivity index (χ0n) is 28.4. The van der Waals surface area contributed by atoms with Gasteiger partial charge >= 0.3 is 0 Å². The lowest BCUT2D eigenvalue weighted by atomic mass is 9.95. The number of nitrogens with zero attached hydrogens (tertiary/aromatic N) is 1. The minimum atomic E-state index is 1.12. The number of thiophene rings is 1. The molecule has 0 amide bonds. The van der Waals surface area contributed by atoms with Crippen LogP contribution >= 0.6 is 11.3 Å². The van der Waals surface area contributed by atoms with Crippen LogP contribution in [0, 0.1) is 0 Å². The van der Waals surface area contributed by atoms with Crippen LogP contribution in [0.1, 0.15) is 0 Å². The summed E-state index contributed by atoms with van der Waals surface area (Å²) in [4.78, 5) is 2.38. The Labute approximate surface area is 307 Å². The molecule has 0 aliphatic carbocycles. The summed E-state index contributed by atoms with van der Waals surface area (Å²) in [5.74, 6) is 0. The Morgan fingerprint density at radius 2 is 0.788 bits per heavy atom. The molecule has 2 heteroatoms. The van der Waals surface area contributed by atoms with Gasteiger partial charge in [0, 0.05) is 37.2 Å². The molecule has 0 fully saturated rings. The zero-order chi connectivity index (χ0) is 34.4. The standard InChI is InChI=1S/C50H33NS/c1-3-16-43-35(10-1)12-8-19-45(43)37-24-28-41(29-25-37)51(42-30-31-50-48(33-42)47-18-5-6-21-49(47)52-50)40-26-22-34(23-27-40)38-14-7-15-39(32-38)46-20-9-13-36-11-2-4-17-44(36)46/h1-33H. The summed E-state index contributed by atoms with van der Waals surface area (Å²) < 4.78 is 2.62. The van der Waals surface area contributed by atoms with Crippen LogP contribution in [0.5, 0.6) is 0 Å². The summed E-state index contributed by atoms with van der Waals surface area (Å²) in [5, 5.41) is 7.65. The molecule has 244 valence electrons. The average molecular weight is 680 g/mol. The van der Waals surface area contributed by atoms with Crippen LogP contribution in [-0.4, -0.2) is 0 Å². The summed E-state index contributed by atoms with van der Waals surface area (Å²) in [6.07, 6.45) is 0. The largest absolute Gasteiger partial charge is 0.310 e. The van der Waals surface area contributed by atoms with Gasteiger partial charge in [0.1, 0.15) is 0 Å². The third kappa shape index (κ3) is 5.33. The van der Waals surface area contributed by atoms with Gasteiger partial charge in [0.15, 0.2) is 0 Å². The van der Waals surface area contributed by atoms with E-state index in [1.54, 1.807) is 0 Å². The number of rotatable bonds is 6. The SMILES string of the molecule is c1cc(-c2ccc(N(c3ccc(-c4cccc5ccccc45)cc3)c3ccc4sc5ccccc5c4c3)cc2)cc(-c2cccc3ccccc23)c1. The number of hydrogen-bond acceptors (Lipinski definition) is 2. The second-order valence-corrected chi connectivity index (χ2v) is 14.4. The zero-order valence-corrected chi connectivity index (χ0v) is 29.2. The van der Waals surface area contributed by atoms with Crippen LogP contribution in [0.3, 0.4) is 0 Å². The highest BCUT2D eigenvalue weighted by Gasteiger charge is 2.16. The van der Waals surface area contributed by atoms with E-state index in [9.17, 15) is 0 Å². The van der Waals surface area contributed by atoms with E-state index in [0.717, 1.165) is 17.1 Å². The molecule has 0 aliphatic heterocycles. The van der Waals surface area contributed by atoms with Gasteiger partial charge in [0.2, 0.25) is 0 Å². The van der Waals surface area contributed by atoms with Crippen LogP contribution in [0.4, 0.5) is 17.1 Å². The second-order valence-electron chi connectivity index (χ2n) is 13.3. The fraction of sp³-hybridized carbons (Fsp3) is 0. The number of benzene rings is 9. The van der Waals surface area contributed by atoms with E-state index < -0.39 is 0 Å². The Hall–Kier alpha value is -6.48. The maximum absolute atomic E-state index is 2.38. The number of hydrogen-bond donors (Lipinski definition) is 0. The molecular weight excluding hydrogens is 647 g/mol. The normalized spacial score (nSPS) is 11.5. The van der Waals surface area contributed by atoms with Crippen LogP contribution in [-0.2, 0) is 0 Å². The van der Waals surface area contributed by atoms with Gasteiger partial charge in [-0.3, -0.25) is 0 Å². The van der Waals surface area contributed by atoms with Gasteiger partial charge in [-0.15, -0.1) is 11.3 Å². The lowest BCUT2D eigenvalue weighted by Crippen LogP contribution is -2.09. The Morgan fingerprint density at radius 1 is 0.288 bits per heavy atom. The van der Waals surface area contributed by atoms with E-state index in [1.807, 2.05) is 11.3 Å². The van der Waals surface area contributed by atoms with Gasteiger partial charge in [0.25, 0.3) is 0 Å². The molecule has 0 radical (unpaired) electrons. The molecule has 1 nitrogen and oxygen atoms in total. The third-order valence-corrected chi connectivity index (χ3v) is 11.4. The first-order valence-corrected chi connectivity index (χ1v) is 18.6. The maximum Gasteiger partial charge on any atom is 0.0468 e. The lowest BCUT2D eigenvalue weighted by molar-refractivity contribution is 1.29. The molecule has 10 aromatic rings. The Morgan fingerprint density at radius 3 is 1.48 bits per heavy atom. The molecule has 0 atom stereocenters. The van der Waals surface area contributed by atoms with Crippen molar-refractivity contribution in [3.63, 3.8) is 0 Å². The molecule has 0 unspecified atom stereocenters. The van der Waals surface area contributed by atoms with Crippen molar-refractivity contribution in [2.75, 3.05) is 4.90 Å². The van der Waals surface area contributed by atoms with Crippen molar-refractivity contribution >= 4 is 70.1 Å². The van der Waals surface area contributed by atoms with Gasteiger partial charge in [-0.25, -0.2) is 0 Å². The molecule has 0 spiro atoms.